The van der Waals surface area contributed by atoms with Crippen LogP contribution in [0.15, 0.2) is 47.1 Å². The van der Waals surface area contributed by atoms with Gasteiger partial charge in [-0.05, 0) is 46.5 Å². The molecular formula is C19H16BrN3O2. The van der Waals surface area contributed by atoms with Gasteiger partial charge in [-0.3, -0.25) is 10.1 Å². The Morgan fingerprint density at radius 3 is 2.72 bits per heavy atom. The quantitative estimate of drug-likeness (QED) is 0.461. The van der Waals surface area contributed by atoms with Crippen molar-refractivity contribution in [3.63, 3.8) is 0 Å². The van der Waals surface area contributed by atoms with E-state index in [1.165, 1.54) is 11.1 Å². The van der Waals surface area contributed by atoms with Gasteiger partial charge in [0, 0.05) is 30.2 Å². The third-order valence-electron chi connectivity index (χ3n) is 4.77. The molecule has 0 amide bonds. The average molecular weight is 398 g/mol. The van der Waals surface area contributed by atoms with Gasteiger partial charge in [-0.15, -0.1) is 0 Å². The molecule has 126 valence electrons. The number of rotatable bonds is 2. The van der Waals surface area contributed by atoms with Crippen LogP contribution in [0.5, 0.6) is 0 Å². The molecule has 0 bridgehead atoms. The lowest BCUT2D eigenvalue weighted by molar-refractivity contribution is -0.383. The van der Waals surface area contributed by atoms with Crippen molar-refractivity contribution in [2.45, 2.75) is 19.9 Å². The highest BCUT2D eigenvalue weighted by Crippen LogP contribution is 2.39. The molecule has 0 N–H and O–H groups in total. The van der Waals surface area contributed by atoms with Crippen LogP contribution in [0.4, 0.5) is 11.5 Å². The SMILES string of the molecule is Cc1ccc2c(N3CCc4ccccc4C3)ncc(Br)c2c1[N+](=O)[O-]. The monoisotopic (exact) mass is 397 g/mol. The summed E-state index contributed by atoms with van der Waals surface area (Å²) in [4.78, 5) is 18.1. The van der Waals surface area contributed by atoms with Crippen molar-refractivity contribution in [1.82, 2.24) is 4.98 Å². The fourth-order valence-corrected chi connectivity index (χ4v) is 4.04. The van der Waals surface area contributed by atoms with Gasteiger partial charge in [-0.1, -0.05) is 30.3 Å². The zero-order chi connectivity index (χ0) is 17.6. The Kier molecular flexibility index (Phi) is 3.92. The maximum Gasteiger partial charge on any atom is 0.281 e. The first kappa shape index (κ1) is 16.0. The highest BCUT2D eigenvalue weighted by atomic mass is 79.9. The molecule has 0 fully saturated rings. The molecule has 2 aromatic carbocycles. The van der Waals surface area contributed by atoms with Gasteiger partial charge in [0.2, 0.25) is 0 Å². The summed E-state index contributed by atoms with van der Waals surface area (Å²) in [6, 6.07) is 12.1. The van der Waals surface area contributed by atoms with Gasteiger partial charge in [-0.25, -0.2) is 4.98 Å². The van der Waals surface area contributed by atoms with E-state index in [4.69, 9.17) is 0 Å². The van der Waals surface area contributed by atoms with Crippen LogP contribution in [0.3, 0.4) is 0 Å². The predicted octanol–water partition coefficient (Wildman–Crippen LogP) is 4.78. The Labute approximate surface area is 153 Å². The van der Waals surface area contributed by atoms with Crippen molar-refractivity contribution >= 4 is 38.2 Å². The lowest BCUT2D eigenvalue weighted by atomic mass is 9.99. The molecule has 4 rings (SSSR count). The number of halogens is 1. The maximum absolute atomic E-state index is 11.6. The van der Waals surface area contributed by atoms with Gasteiger partial charge < -0.3 is 4.90 Å². The number of nitrogens with zero attached hydrogens (tertiary/aromatic N) is 3. The summed E-state index contributed by atoms with van der Waals surface area (Å²) in [5.74, 6) is 0.802. The summed E-state index contributed by atoms with van der Waals surface area (Å²) in [5.41, 5.74) is 3.44. The molecule has 6 heteroatoms. The first-order valence-corrected chi connectivity index (χ1v) is 8.89. The van der Waals surface area contributed by atoms with Crippen LogP contribution in [0, 0.1) is 17.0 Å². The second-order valence-electron chi connectivity index (χ2n) is 6.28. The fourth-order valence-electron chi connectivity index (χ4n) is 3.54. The molecule has 5 nitrogen and oxygen atoms in total. The highest BCUT2D eigenvalue weighted by molar-refractivity contribution is 9.10. The van der Waals surface area contributed by atoms with Gasteiger partial charge in [0.05, 0.1) is 14.8 Å². The highest BCUT2D eigenvalue weighted by Gasteiger charge is 2.24. The van der Waals surface area contributed by atoms with Gasteiger partial charge in [0.1, 0.15) is 5.82 Å². The van der Waals surface area contributed by atoms with Crippen LogP contribution in [-0.2, 0) is 13.0 Å². The summed E-state index contributed by atoms with van der Waals surface area (Å²) in [5, 5.41) is 13.0. The summed E-state index contributed by atoms with van der Waals surface area (Å²) in [6.45, 7) is 3.38. The smallest absolute Gasteiger partial charge is 0.281 e. The van der Waals surface area contributed by atoms with E-state index in [9.17, 15) is 10.1 Å². The second-order valence-corrected chi connectivity index (χ2v) is 7.14. The number of aryl methyl sites for hydroxylation is 1. The summed E-state index contributed by atoms with van der Waals surface area (Å²) in [6.07, 6.45) is 2.62. The van der Waals surface area contributed by atoms with E-state index < -0.39 is 0 Å². The van der Waals surface area contributed by atoms with Crippen molar-refractivity contribution in [3.8, 4) is 0 Å². The Morgan fingerprint density at radius 1 is 1.20 bits per heavy atom. The summed E-state index contributed by atoms with van der Waals surface area (Å²) >= 11 is 3.45. The van der Waals surface area contributed by atoms with Gasteiger partial charge >= 0.3 is 0 Å². The van der Waals surface area contributed by atoms with Crippen molar-refractivity contribution in [2.75, 3.05) is 11.4 Å². The standard InChI is InChI=1S/C19H16BrN3O2/c1-12-6-7-15-17(18(12)23(24)25)16(20)10-21-19(15)22-9-8-13-4-2-3-5-14(13)11-22/h2-7,10H,8-9,11H2,1H3. The molecule has 0 unspecified atom stereocenters. The van der Waals surface area contributed by atoms with Crippen LogP contribution in [0.25, 0.3) is 10.8 Å². The molecule has 0 spiro atoms. The van der Waals surface area contributed by atoms with Crippen molar-refractivity contribution in [2.24, 2.45) is 0 Å². The number of benzene rings is 2. The van der Waals surface area contributed by atoms with Crippen LogP contribution in [0.2, 0.25) is 0 Å². The third kappa shape index (κ3) is 2.66. The molecule has 0 saturated carbocycles. The average Bonchev–Trinajstić information content (AvgIpc) is 2.61. The zero-order valence-corrected chi connectivity index (χ0v) is 15.3. The third-order valence-corrected chi connectivity index (χ3v) is 5.37. The van der Waals surface area contributed by atoms with E-state index in [2.05, 4.69) is 44.0 Å². The minimum atomic E-state index is -0.308. The number of pyridine rings is 1. The zero-order valence-electron chi connectivity index (χ0n) is 13.7. The lowest BCUT2D eigenvalue weighted by Crippen LogP contribution is -2.31. The largest absolute Gasteiger partial charge is 0.351 e. The first-order chi connectivity index (χ1) is 12.1. The summed E-state index contributed by atoms with van der Waals surface area (Å²) < 4.78 is 0.652. The number of hydrogen-bond donors (Lipinski definition) is 0. The molecule has 0 saturated heterocycles. The van der Waals surface area contributed by atoms with Crippen molar-refractivity contribution < 1.29 is 4.92 Å². The second kappa shape index (κ2) is 6.11. The molecular weight excluding hydrogens is 382 g/mol. The van der Waals surface area contributed by atoms with Crippen LogP contribution >= 0.6 is 15.9 Å². The van der Waals surface area contributed by atoms with E-state index in [0.29, 0.717) is 15.4 Å². The fraction of sp³-hybridized carbons (Fsp3) is 0.211. The van der Waals surface area contributed by atoms with Gasteiger partial charge in [0.15, 0.2) is 0 Å². The molecule has 25 heavy (non-hydrogen) atoms. The molecule has 0 radical (unpaired) electrons. The van der Waals surface area contributed by atoms with E-state index in [0.717, 1.165) is 30.7 Å². The van der Waals surface area contributed by atoms with E-state index in [1.54, 1.807) is 19.2 Å². The number of aromatic nitrogens is 1. The molecule has 0 atom stereocenters. The van der Waals surface area contributed by atoms with Gasteiger partial charge in [-0.2, -0.15) is 0 Å². The Morgan fingerprint density at radius 2 is 1.96 bits per heavy atom. The molecule has 1 aliphatic rings. The number of anilines is 1. The molecule has 3 aromatic rings. The van der Waals surface area contributed by atoms with E-state index in [1.807, 2.05) is 12.1 Å². The minimum Gasteiger partial charge on any atom is -0.351 e. The maximum atomic E-state index is 11.6. The van der Waals surface area contributed by atoms with Crippen molar-refractivity contribution in [1.29, 1.82) is 0 Å². The van der Waals surface area contributed by atoms with Crippen LogP contribution in [0.1, 0.15) is 16.7 Å². The molecule has 0 aliphatic carbocycles. The summed E-state index contributed by atoms with van der Waals surface area (Å²) in [7, 11) is 0. The number of nitro groups is 1. The van der Waals surface area contributed by atoms with Crippen LogP contribution < -0.4 is 4.90 Å². The van der Waals surface area contributed by atoms with Crippen LogP contribution in [-0.4, -0.2) is 16.5 Å². The Bertz CT molecular complexity index is 1000. The van der Waals surface area contributed by atoms with E-state index in [-0.39, 0.29) is 10.6 Å². The molecule has 2 heterocycles. The topological polar surface area (TPSA) is 59.3 Å². The normalized spacial score (nSPS) is 13.8. The minimum absolute atomic E-state index is 0.144. The molecule has 1 aromatic heterocycles. The lowest BCUT2D eigenvalue weighted by Gasteiger charge is -2.30. The molecule has 1 aliphatic heterocycles. The van der Waals surface area contributed by atoms with Gasteiger partial charge in [0.25, 0.3) is 5.69 Å². The Balaban J connectivity index is 1.88. The first-order valence-electron chi connectivity index (χ1n) is 8.10. The number of nitro benzene ring substituents is 1. The number of hydrogen-bond acceptors (Lipinski definition) is 4. The number of fused-ring (bicyclic) bond motifs is 2. The van der Waals surface area contributed by atoms with Crippen molar-refractivity contribution in [3.05, 3.63) is 73.9 Å². The predicted molar refractivity (Wildman–Crippen MR) is 102 cm³/mol. The Hall–Kier alpha value is -2.47. The van der Waals surface area contributed by atoms with E-state index >= 15 is 0 Å².